The lowest BCUT2D eigenvalue weighted by atomic mass is 10.1. The summed E-state index contributed by atoms with van der Waals surface area (Å²) in [6, 6.07) is 0. The molecule has 25 heavy (non-hydrogen) atoms. The Morgan fingerprint density at radius 1 is 0.640 bits per heavy atom. The maximum Gasteiger partial charge on any atom is 0.0945 e. The van der Waals surface area contributed by atoms with Crippen molar-refractivity contribution in [1.82, 2.24) is 0 Å². The fourth-order valence-corrected chi connectivity index (χ4v) is 3.18. The van der Waals surface area contributed by atoms with Crippen molar-refractivity contribution >= 4 is 10.1 Å². The van der Waals surface area contributed by atoms with Gasteiger partial charge in [0.15, 0.2) is 0 Å². The third kappa shape index (κ3) is 32.1. The smallest absolute Gasteiger partial charge is 0.0945 e. The van der Waals surface area contributed by atoms with Gasteiger partial charge < -0.3 is 9.04 Å². The van der Waals surface area contributed by atoms with Crippen LogP contribution < -0.4 is 0 Å². The van der Waals surface area contributed by atoms with Crippen LogP contribution in [0, 0.1) is 0 Å². The Morgan fingerprint density at radius 3 is 1.24 bits per heavy atom. The molecule has 0 N–H and O–H groups in total. The van der Waals surface area contributed by atoms with E-state index >= 15 is 0 Å². The zero-order chi connectivity index (χ0) is 19.6. The molecule has 0 unspecified atom stereocenters. The van der Waals surface area contributed by atoms with Gasteiger partial charge in [-0.2, -0.15) is 0 Å². The van der Waals surface area contributed by atoms with Gasteiger partial charge in [0.1, 0.15) is 0 Å². The summed E-state index contributed by atoms with van der Waals surface area (Å²) in [6.45, 7) is 5.27. The first kappa shape index (κ1) is 27.1. The molecule has 0 aromatic heterocycles. The maximum atomic E-state index is 9.68. The topological polar surface area (TPSA) is 57.2 Å². The summed E-state index contributed by atoms with van der Waals surface area (Å²) in [6.07, 6.45) is 17.8. The second-order valence-electron chi connectivity index (χ2n) is 8.16. The van der Waals surface area contributed by atoms with Gasteiger partial charge in [0.2, 0.25) is 0 Å². The van der Waals surface area contributed by atoms with Crippen LogP contribution in [0.15, 0.2) is 0 Å². The summed E-state index contributed by atoms with van der Waals surface area (Å²) in [5, 5.41) is 0. The fraction of sp³-hybridized carbons (Fsp3) is 1.00. The van der Waals surface area contributed by atoms with E-state index in [9.17, 15) is 13.0 Å². The van der Waals surface area contributed by atoms with Gasteiger partial charge in [-0.1, -0.05) is 78.1 Å². The van der Waals surface area contributed by atoms with Crippen LogP contribution in [0.2, 0.25) is 0 Å². The van der Waals surface area contributed by atoms with E-state index in [-0.39, 0.29) is 5.75 Å². The molecule has 5 heteroatoms. The Kier molecular flexibility index (Phi) is 18.7. The Balaban J connectivity index is 0. The van der Waals surface area contributed by atoms with E-state index in [2.05, 4.69) is 28.1 Å². The Morgan fingerprint density at radius 2 is 1.00 bits per heavy atom. The number of nitrogens with zero attached hydrogens (tertiary/aromatic N) is 1. The SMILES string of the molecule is CCCCCCCCCCCCCC[N+](C)(C)C.CCCS(=O)(=O)[O-]. The highest BCUT2D eigenvalue weighted by atomic mass is 32.2. The van der Waals surface area contributed by atoms with E-state index in [4.69, 9.17) is 0 Å². The van der Waals surface area contributed by atoms with E-state index in [1.807, 2.05) is 0 Å². The van der Waals surface area contributed by atoms with Gasteiger partial charge in [-0.25, -0.2) is 8.42 Å². The Labute approximate surface area is 158 Å². The molecule has 0 spiro atoms. The predicted molar refractivity (Wildman–Crippen MR) is 109 cm³/mol. The van der Waals surface area contributed by atoms with Gasteiger partial charge in [-0.15, -0.1) is 0 Å². The van der Waals surface area contributed by atoms with Gasteiger partial charge in [-0.3, -0.25) is 0 Å². The highest BCUT2D eigenvalue weighted by Crippen LogP contribution is 2.12. The van der Waals surface area contributed by atoms with Gasteiger partial charge in [0, 0.05) is 5.75 Å². The van der Waals surface area contributed by atoms with Crippen LogP contribution in [0.5, 0.6) is 0 Å². The molecule has 0 heterocycles. The van der Waals surface area contributed by atoms with Crippen LogP contribution in [-0.4, -0.2) is 50.9 Å². The Hall–Kier alpha value is -0.130. The van der Waals surface area contributed by atoms with Crippen molar-refractivity contribution in [2.24, 2.45) is 0 Å². The molecule has 4 nitrogen and oxygen atoms in total. The van der Waals surface area contributed by atoms with Crippen LogP contribution in [0.1, 0.15) is 97.3 Å². The molecule has 154 valence electrons. The lowest BCUT2D eigenvalue weighted by molar-refractivity contribution is -0.870. The van der Waals surface area contributed by atoms with Gasteiger partial charge >= 0.3 is 0 Å². The molecule has 0 radical (unpaired) electrons. The van der Waals surface area contributed by atoms with E-state index in [1.165, 1.54) is 83.6 Å². The van der Waals surface area contributed by atoms with Gasteiger partial charge in [0.05, 0.1) is 37.8 Å². The molecular formula is C20H45NO3S. The molecule has 0 aliphatic rings. The molecule has 0 aliphatic carbocycles. The monoisotopic (exact) mass is 379 g/mol. The van der Waals surface area contributed by atoms with Gasteiger partial charge in [0.25, 0.3) is 0 Å². The summed E-state index contributed by atoms with van der Waals surface area (Å²) in [4.78, 5) is 0. The lowest BCUT2D eigenvalue weighted by Gasteiger charge is -2.23. The Bertz CT molecular complexity index is 362. The number of quaternary nitrogens is 1. The molecular weight excluding hydrogens is 334 g/mol. The quantitative estimate of drug-likeness (QED) is 0.219. The molecule has 0 bridgehead atoms. The van der Waals surface area contributed by atoms with Crippen LogP contribution in [0.25, 0.3) is 0 Å². The highest BCUT2D eigenvalue weighted by molar-refractivity contribution is 7.85. The van der Waals surface area contributed by atoms with Crippen LogP contribution in [0.4, 0.5) is 0 Å². The molecule has 0 rings (SSSR count). The zero-order valence-corrected chi connectivity index (χ0v) is 18.5. The third-order valence-corrected chi connectivity index (χ3v) is 5.04. The predicted octanol–water partition coefficient (Wildman–Crippen LogP) is 5.34. The van der Waals surface area contributed by atoms with Crippen LogP contribution in [0.3, 0.4) is 0 Å². The van der Waals surface area contributed by atoms with Crippen LogP contribution in [-0.2, 0) is 10.1 Å². The molecule has 0 aromatic rings. The minimum atomic E-state index is -3.92. The number of hydrogen-bond acceptors (Lipinski definition) is 3. The third-order valence-electron chi connectivity index (χ3n) is 4.14. The fourth-order valence-electron chi connectivity index (χ4n) is 2.68. The molecule has 0 saturated carbocycles. The summed E-state index contributed by atoms with van der Waals surface area (Å²) < 4.78 is 30.1. The maximum absolute atomic E-state index is 9.68. The van der Waals surface area contributed by atoms with Crippen molar-refractivity contribution in [2.45, 2.75) is 97.3 Å². The average molecular weight is 380 g/mol. The van der Waals surface area contributed by atoms with Crippen LogP contribution >= 0.6 is 0 Å². The largest absolute Gasteiger partial charge is 0.748 e. The van der Waals surface area contributed by atoms with E-state index in [0.29, 0.717) is 6.42 Å². The summed E-state index contributed by atoms with van der Waals surface area (Å²) >= 11 is 0. The summed E-state index contributed by atoms with van der Waals surface area (Å²) in [5.74, 6) is -0.243. The first-order chi connectivity index (χ1) is 11.6. The number of unbranched alkanes of at least 4 members (excludes halogenated alkanes) is 11. The van der Waals surface area contributed by atoms with E-state index in [0.717, 1.165) is 4.48 Å². The summed E-state index contributed by atoms with van der Waals surface area (Å²) in [7, 11) is 2.95. The molecule has 0 aromatic carbocycles. The van der Waals surface area contributed by atoms with Gasteiger partial charge in [-0.05, 0) is 19.3 Å². The molecule has 0 saturated heterocycles. The first-order valence-electron chi connectivity index (χ1n) is 10.4. The highest BCUT2D eigenvalue weighted by Gasteiger charge is 2.04. The first-order valence-corrected chi connectivity index (χ1v) is 11.9. The minimum Gasteiger partial charge on any atom is -0.748 e. The molecule has 0 amide bonds. The second kappa shape index (κ2) is 17.3. The zero-order valence-electron chi connectivity index (χ0n) is 17.7. The minimum absolute atomic E-state index is 0.243. The van der Waals surface area contributed by atoms with E-state index in [1.54, 1.807) is 6.92 Å². The van der Waals surface area contributed by atoms with E-state index < -0.39 is 10.1 Å². The van der Waals surface area contributed by atoms with Crippen molar-refractivity contribution in [3.05, 3.63) is 0 Å². The average Bonchev–Trinajstić information content (AvgIpc) is 2.47. The standard InChI is InChI=1S/C17H38N.C3H8O3S/c1-5-6-7-8-9-10-11-12-13-14-15-16-17-18(2,3)4;1-2-3-7(4,5)6/h5-17H2,1-4H3;2-3H2,1H3,(H,4,5,6)/q+1;/p-1. The normalized spacial score (nSPS) is 11.9. The molecule has 0 aliphatic heterocycles. The molecule has 0 atom stereocenters. The lowest BCUT2D eigenvalue weighted by Crippen LogP contribution is -2.35. The second-order valence-corrected chi connectivity index (χ2v) is 9.69. The number of rotatable bonds is 15. The van der Waals surface area contributed by atoms with Crippen molar-refractivity contribution in [2.75, 3.05) is 33.4 Å². The molecule has 0 fully saturated rings. The van der Waals surface area contributed by atoms with Crippen molar-refractivity contribution in [1.29, 1.82) is 0 Å². The summed E-state index contributed by atoms with van der Waals surface area (Å²) in [5.41, 5.74) is 0. The van der Waals surface area contributed by atoms with Crippen molar-refractivity contribution in [3.63, 3.8) is 0 Å². The number of hydrogen-bond donors (Lipinski definition) is 0. The van der Waals surface area contributed by atoms with Crippen molar-refractivity contribution in [3.8, 4) is 0 Å². The van der Waals surface area contributed by atoms with Crippen molar-refractivity contribution < 1.29 is 17.5 Å².